The Morgan fingerprint density at radius 1 is 1.11 bits per heavy atom. The van der Waals surface area contributed by atoms with Crippen LogP contribution in [0.1, 0.15) is 34.3 Å². The molecule has 6 nitrogen and oxygen atoms in total. The SMILES string of the molecule is CC(=O)Nc1ccc(OC(=O)c2ccccc2SCc2c(C)noc2C)cc1. The van der Waals surface area contributed by atoms with E-state index in [9.17, 15) is 9.59 Å². The number of aryl methyl sites for hydroxylation is 2. The Kier molecular flexibility index (Phi) is 6.16. The van der Waals surface area contributed by atoms with Gasteiger partial charge in [0, 0.05) is 28.8 Å². The molecule has 0 spiro atoms. The van der Waals surface area contributed by atoms with E-state index in [1.165, 1.54) is 18.7 Å². The molecule has 3 aromatic rings. The summed E-state index contributed by atoms with van der Waals surface area (Å²) in [5.74, 6) is 1.24. The minimum absolute atomic E-state index is 0.158. The van der Waals surface area contributed by atoms with Crippen LogP contribution in [0.25, 0.3) is 0 Å². The van der Waals surface area contributed by atoms with Gasteiger partial charge in [0.2, 0.25) is 5.91 Å². The van der Waals surface area contributed by atoms with Gasteiger partial charge < -0.3 is 14.6 Å². The number of benzene rings is 2. The first-order valence-electron chi connectivity index (χ1n) is 8.67. The molecule has 0 radical (unpaired) electrons. The summed E-state index contributed by atoms with van der Waals surface area (Å²) in [7, 11) is 0. The van der Waals surface area contributed by atoms with Gasteiger partial charge in [-0.05, 0) is 50.2 Å². The molecule has 0 fully saturated rings. The summed E-state index contributed by atoms with van der Waals surface area (Å²) in [5.41, 5.74) is 3.01. The van der Waals surface area contributed by atoms with Gasteiger partial charge in [0.15, 0.2) is 0 Å². The number of carbonyl (C=O) groups is 2. The number of amides is 1. The second-order valence-corrected chi connectivity index (χ2v) is 7.20. The first-order chi connectivity index (χ1) is 13.4. The van der Waals surface area contributed by atoms with Gasteiger partial charge in [0.1, 0.15) is 11.5 Å². The Bertz CT molecular complexity index is 976. The number of nitrogens with one attached hydrogen (secondary N) is 1. The topological polar surface area (TPSA) is 81.4 Å². The van der Waals surface area contributed by atoms with Crippen LogP contribution in [0.15, 0.2) is 57.9 Å². The van der Waals surface area contributed by atoms with Crippen LogP contribution >= 0.6 is 11.8 Å². The van der Waals surface area contributed by atoms with Crippen molar-refractivity contribution in [1.29, 1.82) is 0 Å². The fourth-order valence-corrected chi connectivity index (χ4v) is 3.78. The fourth-order valence-electron chi connectivity index (χ4n) is 2.59. The van der Waals surface area contributed by atoms with Crippen molar-refractivity contribution >= 4 is 29.3 Å². The first kappa shape index (κ1) is 19.7. The van der Waals surface area contributed by atoms with Crippen LogP contribution in [0.3, 0.4) is 0 Å². The van der Waals surface area contributed by atoms with Gasteiger partial charge in [0.25, 0.3) is 0 Å². The van der Waals surface area contributed by atoms with Crippen molar-refractivity contribution < 1.29 is 18.8 Å². The molecule has 0 aliphatic rings. The zero-order valence-corrected chi connectivity index (χ0v) is 16.6. The van der Waals surface area contributed by atoms with Crippen molar-refractivity contribution in [2.75, 3.05) is 5.32 Å². The molecule has 1 aromatic heterocycles. The maximum absolute atomic E-state index is 12.7. The van der Waals surface area contributed by atoms with E-state index in [0.29, 0.717) is 22.8 Å². The first-order valence-corrected chi connectivity index (χ1v) is 9.66. The smallest absolute Gasteiger partial charge is 0.344 e. The second-order valence-electron chi connectivity index (χ2n) is 6.18. The number of hydrogen-bond acceptors (Lipinski definition) is 6. The molecule has 3 rings (SSSR count). The molecular weight excluding hydrogens is 376 g/mol. The minimum Gasteiger partial charge on any atom is -0.423 e. The Balaban J connectivity index is 1.71. The molecule has 0 aliphatic carbocycles. The highest BCUT2D eigenvalue weighted by Crippen LogP contribution is 2.29. The predicted molar refractivity (Wildman–Crippen MR) is 108 cm³/mol. The van der Waals surface area contributed by atoms with Crippen molar-refractivity contribution in [2.45, 2.75) is 31.4 Å². The molecule has 1 N–H and O–H groups in total. The Morgan fingerprint density at radius 3 is 2.46 bits per heavy atom. The molecule has 1 heterocycles. The van der Waals surface area contributed by atoms with Gasteiger partial charge in [0.05, 0.1) is 11.3 Å². The lowest BCUT2D eigenvalue weighted by Gasteiger charge is -2.10. The second kappa shape index (κ2) is 8.75. The van der Waals surface area contributed by atoms with Crippen molar-refractivity contribution in [3.8, 4) is 5.75 Å². The van der Waals surface area contributed by atoms with Crippen LogP contribution in [0.5, 0.6) is 5.75 Å². The molecule has 28 heavy (non-hydrogen) atoms. The quantitative estimate of drug-likeness (QED) is 0.367. The van der Waals surface area contributed by atoms with Crippen LogP contribution < -0.4 is 10.1 Å². The van der Waals surface area contributed by atoms with E-state index < -0.39 is 5.97 Å². The number of thioether (sulfide) groups is 1. The van der Waals surface area contributed by atoms with Crippen LogP contribution in [0.4, 0.5) is 5.69 Å². The maximum atomic E-state index is 12.7. The predicted octanol–water partition coefficient (Wildman–Crippen LogP) is 4.76. The normalized spacial score (nSPS) is 10.5. The minimum atomic E-state index is -0.436. The number of aromatic nitrogens is 1. The van der Waals surface area contributed by atoms with E-state index in [1.54, 1.807) is 36.4 Å². The Morgan fingerprint density at radius 2 is 1.82 bits per heavy atom. The van der Waals surface area contributed by atoms with E-state index in [-0.39, 0.29) is 5.91 Å². The van der Waals surface area contributed by atoms with Gasteiger partial charge in [-0.15, -0.1) is 11.8 Å². The highest BCUT2D eigenvalue weighted by molar-refractivity contribution is 7.98. The van der Waals surface area contributed by atoms with Crippen molar-refractivity contribution in [1.82, 2.24) is 5.16 Å². The number of rotatable bonds is 6. The highest BCUT2D eigenvalue weighted by Gasteiger charge is 2.16. The summed E-state index contributed by atoms with van der Waals surface area (Å²) in [5, 5.41) is 6.63. The standard InChI is InChI=1S/C21H20N2O4S/c1-13-19(14(2)27-23-13)12-28-20-7-5-4-6-18(20)21(25)26-17-10-8-16(9-11-17)22-15(3)24/h4-11H,12H2,1-3H3,(H,22,24). The molecule has 0 aliphatic heterocycles. The van der Waals surface area contributed by atoms with E-state index >= 15 is 0 Å². The number of carbonyl (C=O) groups excluding carboxylic acids is 2. The summed E-state index contributed by atoms with van der Waals surface area (Å²) in [6.45, 7) is 5.21. The van der Waals surface area contributed by atoms with Crippen LogP contribution in [-0.4, -0.2) is 17.0 Å². The van der Waals surface area contributed by atoms with Gasteiger partial charge >= 0.3 is 5.97 Å². The number of ether oxygens (including phenoxy) is 1. The summed E-state index contributed by atoms with van der Waals surface area (Å²) in [6, 6.07) is 14.0. The Hall–Kier alpha value is -3.06. The van der Waals surface area contributed by atoms with Crippen LogP contribution in [-0.2, 0) is 10.5 Å². The van der Waals surface area contributed by atoms with Crippen molar-refractivity contribution in [3.05, 3.63) is 71.1 Å². The largest absolute Gasteiger partial charge is 0.423 e. The lowest BCUT2D eigenvalue weighted by Crippen LogP contribution is -2.10. The molecule has 0 atom stereocenters. The average Bonchev–Trinajstić information content (AvgIpc) is 2.99. The average molecular weight is 396 g/mol. The van der Waals surface area contributed by atoms with E-state index in [0.717, 1.165) is 21.9 Å². The van der Waals surface area contributed by atoms with Crippen LogP contribution in [0, 0.1) is 13.8 Å². The zero-order valence-electron chi connectivity index (χ0n) is 15.8. The number of nitrogens with zero attached hydrogens (tertiary/aromatic N) is 1. The molecule has 0 bridgehead atoms. The van der Waals surface area contributed by atoms with Crippen LogP contribution in [0.2, 0.25) is 0 Å². The summed E-state index contributed by atoms with van der Waals surface area (Å²) in [4.78, 5) is 24.6. The molecule has 0 saturated heterocycles. The monoisotopic (exact) mass is 396 g/mol. The third-order valence-corrected chi connectivity index (χ3v) is 5.15. The van der Waals surface area contributed by atoms with Gasteiger partial charge in [-0.25, -0.2) is 4.79 Å². The number of anilines is 1. The maximum Gasteiger partial charge on any atom is 0.344 e. The fraction of sp³-hybridized carbons (Fsp3) is 0.190. The molecule has 144 valence electrons. The third-order valence-electron chi connectivity index (χ3n) is 4.05. The van der Waals surface area contributed by atoms with Gasteiger partial charge in [-0.1, -0.05) is 17.3 Å². The van der Waals surface area contributed by atoms with Crippen molar-refractivity contribution in [3.63, 3.8) is 0 Å². The summed E-state index contributed by atoms with van der Waals surface area (Å²) < 4.78 is 10.7. The van der Waals surface area contributed by atoms with Crippen molar-refractivity contribution in [2.24, 2.45) is 0 Å². The van der Waals surface area contributed by atoms with E-state index in [1.807, 2.05) is 26.0 Å². The highest BCUT2D eigenvalue weighted by atomic mass is 32.2. The molecule has 7 heteroatoms. The number of esters is 1. The number of hydrogen-bond donors (Lipinski definition) is 1. The summed E-state index contributed by atoms with van der Waals surface area (Å²) >= 11 is 1.53. The van der Waals surface area contributed by atoms with Gasteiger partial charge in [-0.3, -0.25) is 4.79 Å². The third kappa shape index (κ3) is 4.80. The molecular formula is C21H20N2O4S. The lowest BCUT2D eigenvalue weighted by molar-refractivity contribution is -0.114. The summed E-state index contributed by atoms with van der Waals surface area (Å²) in [6.07, 6.45) is 0. The zero-order chi connectivity index (χ0) is 20.1. The van der Waals surface area contributed by atoms with E-state index in [2.05, 4.69) is 10.5 Å². The Labute approximate surface area is 167 Å². The molecule has 2 aromatic carbocycles. The van der Waals surface area contributed by atoms with E-state index in [4.69, 9.17) is 9.26 Å². The molecule has 0 saturated carbocycles. The molecule has 0 unspecified atom stereocenters. The molecule has 1 amide bonds. The lowest BCUT2D eigenvalue weighted by atomic mass is 10.2. The van der Waals surface area contributed by atoms with Gasteiger partial charge in [-0.2, -0.15) is 0 Å².